The number of benzene rings is 2. The van der Waals surface area contributed by atoms with Crippen molar-refractivity contribution in [2.45, 2.75) is 0 Å². The molecule has 0 radical (unpaired) electrons. The van der Waals surface area contributed by atoms with Crippen molar-refractivity contribution in [3.8, 4) is 0 Å². The van der Waals surface area contributed by atoms with Crippen molar-refractivity contribution in [3.05, 3.63) is 58.9 Å². The molecule has 0 spiro atoms. The summed E-state index contributed by atoms with van der Waals surface area (Å²) in [4.78, 5) is 18.1. The molecule has 7 nitrogen and oxygen atoms in total. The van der Waals surface area contributed by atoms with E-state index in [-0.39, 0.29) is 17.3 Å². The molecular formula is C14H11N5O2. The molecule has 0 bridgehead atoms. The molecule has 0 aliphatic heterocycles. The molecule has 1 heterocycles. The second-order valence-electron chi connectivity index (χ2n) is 4.36. The topological polar surface area (TPSA) is 107 Å². The molecule has 0 amide bonds. The molecule has 3 aromatic rings. The Morgan fingerprint density at radius 3 is 2.67 bits per heavy atom. The van der Waals surface area contributed by atoms with Gasteiger partial charge in [0.25, 0.3) is 0 Å². The Labute approximate surface area is 119 Å². The van der Waals surface area contributed by atoms with Gasteiger partial charge in [-0.1, -0.05) is 36.4 Å². The monoisotopic (exact) mass is 281 g/mol. The highest BCUT2D eigenvalue weighted by molar-refractivity contribution is 5.95. The van der Waals surface area contributed by atoms with E-state index in [4.69, 9.17) is 5.73 Å². The van der Waals surface area contributed by atoms with Crippen molar-refractivity contribution < 1.29 is 4.92 Å². The first kappa shape index (κ1) is 12.8. The molecule has 0 fully saturated rings. The van der Waals surface area contributed by atoms with E-state index >= 15 is 0 Å². The molecule has 0 aliphatic carbocycles. The van der Waals surface area contributed by atoms with Gasteiger partial charge in [-0.2, -0.15) is 0 Å². The van der Waals surface area contributed by atoms with Crippen molar-refractivity contribution in [1.82, 2.24) is 9.97 Å². The molecule has 2 aromatic carbocycles. The minimum absolute atomic E-state index is 0.0730. The molecule has 21 heavy (non-hydrogen) atoms. The number of nitrogens with one attached hydrogen (secondary N) is 1. The van der Waals surface area contributed by atoms with Gasteiger partial charge in [-0.25, -0.2) is 9.97 Å². The predicted octanol–water partition coefficient (Wildman–Crippen LogP) is 2.86. The molecule has 0 atom stereocenters. The first-order valence-corrected chi connectivity index (χ1v) is 6.16. The van der Waals surface area contributed by atoms with Crippen molar-refractivity contribution in [1.29, 1.82) is 0 Å². The average molecular weight is 281 g/mol. The van der Waals surface area contributed by atoms with Gasteiger partial charge in [0.05, 0.1) is 4.92 Å². The fourth-order valence-corrected chi connectivity index (χ4v) is 2.13. The maximum absolute atomic E-state index is 11.1. The number of hydrogen-bond acceptors (Lipinski definition) is 6. The maximum atomic E-state index is 11.1. The Hall–Kier alpha value is -3.22. The second kappa shape index (κ2) is 5.04. The normalized spacial score (nSPS) is 10.5. The van der Waals surface area contributed by atoms with Crippen LogP contribution in [0.1, 0.15) is 0 Å². The van der Waals surface area contributed by atoms with Gasteiger partial charge in [-0.3, -0.25) is 10.1 Å². The molecule has 3 rings (SSSR count). The summed E-state index contributed by atoms with van der Waals surface area (Å²) in [5.41, 5.74) is 5.94. The first-order valence-electron chi connectivity index (χ1n) is 6.16. The van der Waals surface area contributed by atoms with Crippen LogP contribution in [0.5, 0.6) is 0 Å². The predicted molar refractivity (Wildman–Crippen MR) is 80.3 cm³/mol. The smallest absolute Gasteiger partial charge is 0.353 e. The SMILES string of the molecule is Nc1ncnc(Nc2cccc3ccccc23)c1[N+](=O)[O-]. The van der Waals surface area contributed by atoms with Crippen LogP contribution >= 0.6 is 0 Å². The summed E-state index contributed by atoms with van der Waals surface area (Å²) in [6.07, 6.45) is 1.19. The van der Waals surface area contributed by atoms with Crippen LogP contribution in [-0.2, 0) is 0 Å². The largest absolute Gasteiger partial charge is 0.378 e. The number of nitrogens with zero attached hydrogens (tertiary/aromatic N) is 3. The summed E-state index contributed by atoms with van der Waals surface area (Å²) >= 11 is 0. The van der Waals surface area contributed by atoms with Gasteiger partial charge >= 0.3 is 5.69 Å². The highest BCUT2D eigenvalue weighted by Crippen LogP contribution is 2.31. The fourth-order valence-electron chi connectivity index (χ4n) is 2.13. The van der Waals surface area contributed by atoms with Crippen LogP contribution in [-0.4, -0.2) is 14.9 Å². The van der Waals surface area contributed by atoms with E-state index in [9.17, 15) is 10.1 Å². The van der Waals surface area contributed by atoms with Gasteiger partial charge in [-0.05, 0) is 11.5 Å². The lowest BCUT2D eigenvalue weighted by molar-refractivity contribution is -0.383. The van der Waals surface area contributed by atoms with Gasteiger partial charge in [0.1, 0.15) is 6.33 Å². The van der Waals surface area contributed by atoms with Crippen molar-refractivity contribution in [3.63, 3.8) is 0 Å². The molecule has 0 saturated carbocycles. The zero-order chi connectivity index (χ0) is 14.8. The summed E-state index contributed by atoms with van der Waals surface area (Å²) in [6, 6.07) is 13.4. The second-order valence-corrected chi connectivity index (χ2v) is 4.36. The lowest BCUT2D eigenvalue weighted by Crippen LogP contribution is -2.05. The molecule has 0 saturated heterocycles. The van der Waals surface area contributed by atoms with E-state index in [1.807, 2.05) is 42.5 Å². The van der Waals surface area contributed by atoms with Gasteiger partial charge in [-0.15, -0.1) is 0 Å². The Balaban J connectivity index is 2.12. The Morgan fingerprint density at radius 2 is 1.86 bits per heavy atom. The standard InChI is InChI=1S/C14H11N5O2/c15-13-12(19(20)21)14(17-8-16-13)18-11-7-3-5-9-4-1-2-6-10(9)11/h1-8H,(H3,15,16,17,18). The average Bonchev–Trinajstić information content (AvgIpc) is 2.47. The van der Waals surface area contributed by atoms with Gasteiger partial charge < -0.3 is 11.1 Å². The summed E-state index contributed by atoms with van der Waals surface area (Å²) in [7, 11) is 0. The van der Waals surface area contributed by atoms with Crippen LogP contribution in [0, 0.1) is 10.1 Å². The number of aromatic nitrogens is 2. The Kier molecular flexibility index (Phi) is 3.07. The lowest BCUT2D eigenvalue weighted by Gasteiger charge is -2.09. The van der Waals surface area contributed by atoms with E-state index in [2.05, 4.69) is 15.3 Å². The first-order chi connectivity index (χ1) is 10.2. The van der Waals surface area contributed by atoms with E-state index in [1.165, 1.54) is 6.33 Å². The third kappa shape index (κ3) is 2.32. The van der Waals surface area contributed by atoms with Gasteiger partial charge in [0.2, 0.25) is 11.6 Å². The third-order valence-corrected chi connectivity index (χ3v) is 3.08. The molecular weight excluding hydrogens is 270 g/mol. The minimum atomic E-state index is -0.594. The Morgan fingerprint density at radius 1 is 1.10 bits per heavy atom. The Bertz CT molecular complexity index is 829. The molecule has 3 N–H and O–H groups in total. The van der Waals surface area contributed by atoms with Crippen LogP contribution in [0.4, 0.5) is 23.0 Å². The third-order valence-electron chi connectivity index (χ3n) is 3.08. The fraction of sp³-hybridized carbons (Fsp3) is 0. The van der Waals surface area contributed by atoms with Crippen LogP contribution in [0.25, 0.3) is 10.8 Å². The summed E-state index contributed by atoms with van der Waals surface area (Å²) in [6.45, 7) is 0. The molecule has 1 aromatic heterocycles. The highest BCUT2D eigenvalue weighted by atomic mass is 16.6. The quantitative estimate of drug-likeness (QED) is 0.564. The number of nitro groups is 1. The van der Waals surface area contributed by atoms with Crippen molar-refractivity contribution in [2.75, 3.05) is 11.1 Å². The number of hydrogen-bond donors (Lipinski definition) is 2. The molecule has 104 valence electrons. The minimum Gasteiger partial charge on any atom is -0.378 e. The lowest BCUT2D eigenvalue weighted by atomic mass is 10.1. The van der Waals surface area contributed by atoms with E-state index in [0.717, 1.165) is 10.8 Å². The number of rotatable bonds is 3. The zero-order valence-electron chi connectivity index (χ0n) is 10.9. The van der Waals surface area contributed by atoms with E-state index in [1.54, 1.807) is 0 Å². The summed E-state index contributed by atoms with van der Waals surface area (Å²) in [5.74, 6) is -0.0958. The number of anilines is 3. The summed E-state index contributed by atoms with van der Waals surface area (Å²) in [5, 5.41) is 16.0. The number of nitrogens with two attached hydrogens (primary N) is 1. The van der Waals surface area contributed by atoms with Crippen molar-refractivity contribution in [2.24, 2.45) is 0 Å². The van der Waals surface area contributed by atoms with Crippen LogP contribution < -0.4 is 11.1 Å². The van der Waals surface area contributed by atoms with E-state index < -0.39 is 4.92 Å². The number of nitrogen functional groups attached to an aromatic ring is 1. The molecule has 7 heteroatoms. The van der Waals surface area contributed by atoms with Gasteiger partial charge in [0, 0.05) is 11.1 Å². The van der Waals surface area contributed by atoms with Crippen LogP contribution in [0.3, 0.4) is 0 Å². The highest BCUT2D eigenvalue weighted by Gasteiger charge is 2.21. The van der Waals surface area contributed by atoms with Crippen LogP contribution in [0.15, 0.2) is 48.8 Å². The van der Waals surface area contributed by atoms with Crippen molar-refractivity contribution >= 4 is 33.8 Å². The zero-order valence-corrected chi connectivity index (χ0v) is 10.9. The summed E-state index contributed by atoms with van der Waals surface area (Å²) < 4.78 is 0. The van der Waals surface area contributed by atoms with Gasteiger partial charge in [0.15, 0.2) is 0 Å². The molecule has 0 unspecified atom stereocenters. The van der Waals surface area contributed by atoms with Crippen LogP contribution in [0.2, 0.25) is 0 Å². The van der Waals surface area contributed by atoms with E-state index in [0.29, 0.717) is 5.69 Å². The maximum Gasteiger partial charge on any atom is 0.353 e. The number of fused-ring (bicyclic) bond motifs is 1. The molecule has 0 aliphatic rings.